The van der Waals surface area contributed by atoms with Crippen LogP contribution in [0.4, 0.5) is 4.39 Å². The Bertz CT molecular complexity index is 762. The maximum absolute atomic E-state index is 13.0. The summed E-state index contributed by atoms with van der Waals surface area (Å²) in [5.41, 5.74) is 0.869. The van der Waals surface area contributed by atoms with E-state index >= 15 is 0 Å². The fourth-order valence-corrected chi connectivity index (χ4v) is 3.33. The first kappa shape index (κ1) is 16.4. The molecular formula is C15H12Cl2FN3OS. The molecule has 0 saturated carbocycles. The molecule has 2 heterocycles. The topological polar surface area (TPSA) is 39.9 Å². The number of halogens is 3. The van der Waals surface area contributed by atoms with Gasteiger partial charge in [-0.15, -0.1) is 0 Å². The molecule has 0 amide bonds. The number of hydrogen-bond donors (Lipinski definition) is 0. The van der Waals surface area contributed by atoms with E-state index in [-0.39, 0.29) is 17.1 Å². The summed E-state index contributed by atoms with van der Waals surface area (Å²) in [6.07, 6.45) is 4.90. The van der Waals surface area contributed by atoms with Crippen molar-refractivity contribution in [2.75, 3.05) is 0 Å². The van der Waals surface area contributed by atoms with Crippen LogP contribution < -0.4 is 0 Å². The van der Waals surface area contributed by atoms with Crippen LogP contribution in [-0.2, 0) is 17.9 Å². The summed E-state index contributed by atoms with van der Waals surface area (Å²) in [4.78, 5) is 4.78. The van der Waals surface area contributed by atoms with Crippen LogP contribution in [0.2, 0.25) is 10.2 Å². The molecule has 0 saturated heterocycles. The van der Waals surface area contributed by atoms with Gasteiger partial charge < -0.3 is 9.30 Å². The third-order valence-corrected chi connectivity index (χ3v) is 5.12. The van der Waals surface area contributed by atoms with E-state index in [1.54, 1.807) is 24.7 Å². The van der Waals surface area contributed by atoms with Crippen LogP contribution in [0.1, 0.15) is 16.5 Å². The Morgan fingerprint density at radius 2 is 2.04 bits per heavy atom. The summed E-state index contributed by atoms with van der Waals surface area (Å²) in [5.74, 6) is -0.277. The summed E-state index contributed by atoms with van der Waals surface area (Å²) in [6, 6.07) is 6.18. The molecule has 8 heteroatoms. The second-order valence-electron chi connectivity index (χ2n) is 4.84. The molecule has 0 spiro atoms. The molecule has 1 unspecified atom stereocenters. The van der Waals surface area contributed by atoms with E-state index < -0.39 is 0 Å². The van der Waals surface area contributed by atoms with E-state index in [1.165, 1.54) is 23.7 Å². The average Bonchev–Trinajstić information content (AvgIpc) is 3.17. The smallest absolute Gasteiger partial charge is 0.161 e. The lowest BCUT2D eigenvalue weighted by molar-refractivity contribution is 0.0303. The van der Waals surface area contributed by atoms with Crippen molar-refractivity contribution >= 4 is 34.7 Å². The summed E-state index contributed by atoms with van der Waals surface area (Å²) >= 11 is 13.4. The van der Waals surface area contributed by atoms with Crippen molar-refractivity contribution in [1.29, 1.82) is 0 Å². The molecule has 0 aliphatic heterocycles. The monoisotopic (exact) mass is 371 g/mol. The lowest BCUT2D eigenvalue weighted by Gasteiger charge is -2.17. The predicted octanol–water partition coefficient (Wildman–Crippen LogP) is 4.74. The van der Waals surface area contributed by atoms with Crippen LogP contribution in [0.25, 0.3) is 0 Å². The minimum absolute atomic E-state index is 0.271. The normalized spacial score (nSPS) is 12.5. The predicted molar refractivity (Wildman–Crippen MR) is 88.3 cm³/mol. The van der Waals surface area contributed by atoms with Crippen LogP contribution in [0.5, 0.6) is 0 Å². The van der Waals surface area contributed by atoms with Gasteiger partial charge >= 0.3 is 0 Å². The van der Waals surface area contributed by atoms with Gasteiger partial charge in [-0.2, -0.15) is 4.37 Å². The zero-order valence-corrected chi connectivity index (χ0v) is 14.2. The van der Waals surface area contributed by atoms with Gasteiger partial charge in [-0.25, -0.2) is 9.37 Å². The van der Waals surface area contributed by atoms with Gasteiger partial charge in [0, 0.05) is 12.4 Å². The van der Waals surface area contributed by atoms with Crippen LogP contribution in [-0.4, -0.2) is 13.9 Å². The van der Waals surface area contributed by atoms with Crippen molar-refractivity contribution < 1.29 is 9.13 Å². The van der Waals surface area contributed by atoms with E-state index in [9.17, 15) is 4.39 Å². The molecule has 0 radical (unpaired) electrons. The van der Waals surface area contributed by atoms with E-state index in [0.29, 0.717) is 18.2 Å². The Balaban J connectivity index is 1.77. The largest absolute Gasteiger partial charge is 0.366 e. The van der Waals surface area contributed by atoms with Crippen LogP contribution in [0.3, 0.4) is 0 Å². The van der Waals surface area contributed by atoms with Gasteiger partial charge in [0.2, 0.25) is 0 Å². The van der Waals surface area contributed by atoms with Gasteiger partial charge in [0.1, 0.15) is 11.9 Å². The summed E-state index contributed by atoms with van der Waals surface area (Å²) in [6.45, 7) is 0.852. The van der Waals surface area contributed by atoms with E-state index in [1.807, 2.05) is 10.8 Å². The SMILES string of the molecule is Fc1ccc(COC(Cn2ccnc2)c2snc(Cl)c2Cl)cc1. The Labute approximate surface area is 146 Å². The molecule has 1 aromatic carbocycles. The fraction of sp³-hybridized carbons (Fsp3) is 0.200. The van der Waals surface area contributed by atoms with Crippen molar-refractivity contribution in [2.45, 2.75) is 19.3 Å². The third-order valence-electron chi connectivity index (χ3n) is 3.21. The zero-order chi connectivity index (χ0) is 16.2. The van der Waals surface area contributed by atoms with Crippen LogP contribution >= 0.6 is 34.7 Å². The van der Waals surface area contributed by atoms with Gasteiger partial charge in [-0.1, -0.05) is 35.3 Å². The van der Waals surface area contributed by atoms with Gasteiger partial charge in [0.05, 0.1) is 29.4 Å². The van der Waals surface area contributed by atoms with E-state index in [4.69, 9.17) is 27.9 Å². The Kier molecular flexibility index (Phi) is 5.27. The van der Waals surface area contributed by atoms with Crippen molar-refractivity contribution in [3.05, 3.63) is 69.4 Å². The molecule has 0 aliphatic rings. The second kappa shape index (κ2) is 7.40. The fourth-order valence-electron chi connectivity index (χ4n) is 2.05. The highest BCUT2D eigenvalue weighted by atomic mass is 35.5. The number of nitrogens with zero attached hydrogens (tertiary/aromatic N) is 3. The summed E-state index contributed by atoms with van der Waals surface area (Å²) in [5, 5.41) is 0.675. The highest BCUT2D eigenvalue weighted by Crippen LogP contribution is 2.36. The first-order chi connectivity index (χ1) is 11.1. The highest BCUT2D eigenvalue weighted by Gasteiger charge is 2.21. The Morgan fingerprint density at radius 3 is 2.65 bits per heavy atom. The molecule has 3 aromatic rings. The quantitative estimate of drug-likeness (QED) is 0.627. The van der Waals surface area contributed by atoms with E-state index in [0.717, 1.165) is 10.4 Å². The molecule has 3 rings (SSSR count). The zero-order valence-electron chi connectivity index (χ0n) is 11.8. The third kappa shape index (κ3) is 4.09. The molecule has 1 atom stereocenters. The van der Waals surface area contributed by atoms with Crippen LogP contribution in [0.15, 0.2) is 43.0 Å². The number of rotatable bonds is 6. The van der Waals surface area contributed by atoms with Crippen molar-refractivity contribution in [3.8, 4) is 0 Å². The molecule has 0 N–H and O–H groups in total. The van der Waals surface area contributed by atoms with Crippen molar-refractivity contribution in [1.82, 2.24) is 13.9 Å². The van der Waals surface area contributed by atoms with Gasteiger partial charge in [-0.3, -0.25) is 0 Å². The average molecular weight is 372 g/mol. The lowest BCUT2D eigenvalue weighted by Crippen LogP contribution is -2.11. The maximum Gasteiger partial charge on any atom is 0.161 e. The number of ether oxygens (including phenoxy) is 1. The molecule has 23 heavy (non-hydrogen) atoms. The lowest BCUT2D eigenvalue weighted by atomic mass is 10.2. The number of aromatic nitrogens is 3. The number of imidazole rings is 1. The molecule has 0 bridgehead atoms. The Hall–Kier alpha value is -1.47. The standard InChI is InChI=1S/C15H12Cl2FN3OS/c16-13-14(23-20-15(13)17)12(7-21-6-5-19-9-21)22-8-10-1-3-11(18)4-2-10/h1-6,9,12H,7-8H2. The highest BCUT2D eigenvalue weighted by molar-refractivity contribution is 7.07. The minimum Gasteiger partial charge on any atom is -0.366 e. The summed E-state index contributed by atoms with van der Waals surface area (Å²) in [7, 11) is 0. The molecule has 4 nitrogen and oxygen atoms in total. The first-order valence-corrected chi connectivity index (χ1v) is 8.29. The number of hydrogen-bond acceptors (Lipinski definition) is 4. The van der Waals surface area contributed by atoms with Crippen LogP contribution in [0, 0.1) is 5.82 Å². The Morgan fingerprint density at radius 1 is 1.26 bits per heavy atom. The van der Waals surface area contributed by atoms with Gasteiger partial charge in [0.25, 0.3) is 0 Å². The van der Waals surface area contributed by atoms with Gasteiger partial charge in [0.15, 0.2) is 5.15 Å². The first-order valence-electron chi connectivity index (χ1n) is 6.76. The van der Waals surface area contributed by atoms with Crippen molar-refractivity contribution in [2.24, 2.45) is 0 Å². The molecule has 120 valence electrons. The maximum atomic E-state index is 13.0. The molecule has 0 aliphatic carbocycles. The second-order valence-corrected chi connectivity index (χ2v) is 6.38. The van der Waals surface area contributed by atoms with Crippen molar-refractivity contribution in [3.63, 3.8) is 0 Å². The molecular weight excluding hydrogens is 360 g/mol. The number of benzene rings is 1. The van der Waals surface area contributed by atoms with E-state index in [2.05, 4.69) is 9.36 Å². The molecule has 0 fully saturated rings. The summed E-state index contributed by atoms with van der Waals surface area (Å²) < 4.78 is 24.9. The minimum atomic E-state index is -0.327. The van der Waals surface area contributed by atoms with Gasteiger partial charge in [-0.05, 0) is 29.2 Å². The molecule has 2 aromatic heterocycles.